The molecule has 5 nitrogen and oxygen atoms in total. The minimum absolute atomic E-state index is 0.117. The Hall–Kier alpha value is -2.99. The van der Waals surface area contributed by atoms with Crippen molar-refractivity contribution in [2.45, 2.75) is 6.42 Å². The first-order chi connectivity index (χ1) is 12.6. The van der Waals surface area contributed by atoms with Gasteiger partial charge < -0.3 is 4.90 Å². The number of nitrogens with zero attached hydrogens (tertiary/aromatic N) is 4. The normalized spacial score (nSPS) is 12.0. The van der Waals surface area contributed by atoms with Crippen molar-refractivity contribution in [2.75, 3.05) is 19.0 Å². The number of rotatable bonds is 4. The zero-order chi connectivity index (χ0) is 18.1. The zero-order valence-electron chi connectivity index (χ0n) is 14.6. The molecule has 0 saturated carbocycles. The summed E-state index contributed by atoms with van der Waals surface area (Å²) in [5.74, 6) is 0.668. The Bertz CT molecular complexity index is 1140. The molecule has 2 heterocycles. The monoisotopic (exact) mass is 362 g/mol. The molecule has 26 heavy (non-hydrogen) atoms. The van der Waals surface area contributed by atoms with Gasteiger partial charge in [-0.15, -0.1) is 5.10 Å². The maximum Gasteiger partial charge on any atom is 0.291 e. The lowest BCUT2D eigenvalue weighted by molar-refractivity contribution is 0.879. The van der Waals surface area contributed by atoms with E-state index in [0.29, 0.717) is 21.7 Å². The van der Waals surface area contributed by atoms with E-state index in [-0.39, 0.29) is 5.56 Å². The fourth-order valence-electron chi connectivity index (χ4n) is 2.75. The van der Waals surface area contributed by atoms with Gasteiger partial charge in [0.25, 0.3) is 5.56 Å². The van der Waals surface area contributed by atoms with Gasteiger partial charge in [0.1, 0.15) is 0 Å². The first-order valence-corrected chi connectivity index (χ1v) is 9.13. The first kappa shape index (κ1) is 16.5. The molecule has 0 amide bonds. The zero-order valence-corrected chi connectivity index (χ0v) is 15.4. The van der Waals surface area contributed by atoms with Crippen LogP contribution in [0.2, 0.25) is 0 Å². The fraction of sp³-hybridized carbons (Fsp3) is 0.150. The molecule has 0 fully saturated rings. The highest BCUT2D eigenvalue weighted by Crippen LogP contribution is 2.13. The second kappa shape index (κ2) is 6.72. The smallest absolute Gasteiger partial charge is 0.291 e. The Morgan fingerprint density at radius 2 is 1.81 bits per heavy atom. The third-order valence-corrected chi connectivity index (χ3v) is 5.10. The van der Waals surface area contributed by atoms with Gasteiger partial charge in [-0.05, 0) is 29.3 Å². The number of thiazole rings is 1. The summed E-state index contributed by atoms with van der Waals surface area (Å²) >= 11 is 1.37. The lowest BCUT2D eigenvalue weighted by Crippen LogP contribution is -2.23. The van der Waals surface area contributed by atoms with E-state index < -0.39 is 0 Å². The van der Waals surface area contributed by atoms with Crippen LogP contribution in [0.4, 0.5) is 5.69 Å². The van der Waals surface area contributed by atoms with E-state index in [1.165, 1.54) is 15.9 Å². The highest BCUT2D eigenvalue weighted by Gasteiger charge is 2.10. The van der Waals surface area contributed by atoms with Gasteiger partial charge in [-0.3, -0.25) is 4.79 Å². The summed E-state index contributed by atoms with van der Waals surface area (Å²) < 4.78 is 2.05. The molecule has 0 aliphatic heterocycles. The van der Waals surface area contributed by atoms with Gasteiger partial charge >= 0.3 is 0 Å². The Balaban J connectivity index is 1.66. The predicted octanol–water partition coefficient (Wildman–Crippen LogP) is 2.36. The molecule has 4 aromatic rings. The van der Waals surface area contributed by atoms with Crippen LogP contribution in [0, 0.1) is 0 Å². The van der Waals surface area contributed by atoms with Gasteiger partial charge in [0.15, 0.2) is 5.82 Å². The average Bonchev–Trinajstić information content (AvgIpc) is 3.15. The molecule has 0 N–H and O–H groups in total. The summed E-state index contributed by atoms with van der Waals surface area (Å²) in [4.78, 5) is 19.8. The summed E-state index contributed by atoms with van der Waals surface area (Å²) in [6.07, 6.45) is 2.51. The number of benzene rings is 2. The van der Waals surface area contributed by atoms with Crippen molar-refractivity contribution in [3.63, 3.8) is 0 Å². The van der Waals surface area contributed by atoms with Crippen LogP contribution in [0.3, 0.4) is 0 Å². The number of hydrogen-bond acceptors (Lipinski definition) is 5. The van der Waals surface area contributed by atoms with Gasteiger partial charge in [-0.25, -0.2) is 4.98 Å². The SMILES string of the molecule is CN(C)c1ccc(/C=c2/sc3nc(Cc4ccccc4)nn3c2=O)cc1. The molecule has 0 spiro atoms. The van der Waals surface area contributed by atoms with Gasteiger partial charge in [0, 0.05) is 26.2 Å². The molecule has 2 aromatic carbocycles. The van der Waals surface area contributed by atoms with Crippen LogP contribution in [0.1, 0.15) is 17.0 Å². The van der Waals surface area contributed by atoms with Crippen molar-refractivity contribution in [1.29, 1.82) is 0 Å². The van der Waals surface area contributed by atoms with Crippen LogP contribution in [0.5, 0.6) is 0 Å². The Morgan fingerprint density at radius 3 is 2.46 bits per heavy atom. The average molecular weight is 362 g/mol. The van der Waals surface area contributed by atoms with Crippen LogP contribution in [0.15, 0.2) is 59.4 Å². The lowest BCUT2D eigenvalue weighted by Gasteiger charge is -2.11. The molecule has 0 aliphatic rings. The van der Waals surface area contributed by atoms with Gasteiger partial charge in [0.05, 0.1) is 4.53 Å². The molecule has 6 heteroatoms. The minimum Gasteiger partial charge on any atom is -0.378 e. The quantitative estimate of drug-likeness (QED) is 0.559. The lowest BCUT2D eigenvalue weighted by atomic mass is 10.1. The number of hydrogen-bond donors (Lipinski definition) is 0. The molecule has 0 bridgehead atoms. The molecule has 0 radical (unpaired) electrons. The molecular weight excluding hydrogens is 344 g/mol. The molecule has 0 saturated heterocycles. The first-order valence-electron chi connectivity index (χ1n) is 8.31. The van der Waals surface area contributed by atoms with E-state index in [1.807, 2.05) is 79.7 Å². The van der Waals surface area contributed by atoms with E-state index in [9.17, 15) is 4.79 Å². The van der Waals surface area contributed by atoms with Gasteiger partial charge in [-0.1, -0.05) is 53.8 Å². The summed E-state index contributed by atoms with van der Waals surface area (Å²) in [6.45, 7) is 0. The summed E-state index contributed by atoms with van der Waals surface area (Å²) in [6, 6.07) is 18.1. The highest BCUT2D eigenvalue weighted by atomic mass is 32.1. The largest absolute Gasteiger partial charge is 0.378 e. The van der Waals surface area contributed by atoms with Gasteiger partial charge in [0.2, 0.25) is 4.96 Å². The van der Waals surface area contributed by atoms with Gasteiger partial charge in [-0.2, -0.15) is 4.52 Å². The topological polar surface area (TPSA) is 50.5 Å². The van der Waals surface area contributed by atoms with Crippen LogP contribution in [-0.2, 0) is 6.42 Å². The van der Waals surface area contributed by atoms with Crippen molar-refractivity contribution >= 4 is 28.1 Å². The maximum atomic E-state index is 12.6. The van der Waals surface area contributed by atoms with E-state index in [4.69, 9.17) is 0 Å². The van der Waals surface area contributed by atoms with E-state index >= 15 is 0 Å². The molecule has 0 aliphatic carbocycles. The van der Waals surface area contributed by atoms with Crippen molar-refractivity contribution in [3.05, 3.63) is 86.4 Å². The highest BCUT2D eigenvalue weighted by molar-refractivity contribution is 7.15. The Morgan fingerprint density at radius 1 is 1.08 bits per heavy atom. The van der Waals surface area contributed by atoms with Crippen LogP contribution >= 0.6 is 11.3 Å². The Kier molecular flexibility index (Phi) is 4.26. The van der Waals surface area contributed by atoms with Crippen LogP contribution < -0.4 is 15.0 Å². The summed E-state index contributed by atoms with van der Waals surface area (Å²) in [5.41, 5.74) is 3.12. The molecule has 2 aromatic heterocycles. The number of fused-ring (bicyclic) bond motifs is 1. The number of anilines is 1. The molecule has 130 valence electrons. The predicted molar refractivity (Wildman–Crippen MR) is 106 cm³/mol. The van der Waals surface area contributed by atoms with E-state index in [2.05, 4.69) is 10.1 Å². The standard InChI is InChI=1S/C20H18N4OS/c1-23(2)16-10-8-15(9-11-16)12-17-19(25)24-20(26-17)21-18(22-24)13-14-6-4-3-5-7-14/h3-12H,13H2,1-2H3/b17-12+. The third-order valence-electron chi connectivity index (χ3n) is 4.14. The molecule has 0 atom stereocenters. The second-order valence-electron chi connectivity index (χ2n) is 6.29. The molecule has 0 unspecified atom stereocenters. The van der Waals surface area contributed by atoms with Crippen molar-refractivity contribution in [3.8, 4) is 0 Å². The Labute approximate surface area is 154 Å². The third kappa shape index (κ3) is 3.23. The van der Waals surface area contributed by atoms with Crippen molar-refractivity contribution in [2.24, 2.45) is 0 Å². The van der Waals surface area contributed by atoms with E-state index in [1.54, 1.807) is 0 Å². The minimum atomic E-state index is -0.117. The summed E-state index contributed by atoms with van der Waals surface area (Å²) in [7, 11) is 4.00. The second-order valence-corrected chi connectivity index (χ2v) is 7.30. The summed E-state index contributed by atoms with van der Waals surface area (Å²) in [5, 5.41) is 4.38. The van der Waals surface area contributed by atoms with Crippen LogP contribution in [0.25, 0.3) is 11.0 Å². The molecular formula is C20H18N4OS. The number of aromatic nitrogens is 3. The fourth-order valence-corrected chi connectivity index (χ4v) is 3.67. The molecule has 4 rings (SSSR count). The van der Waals surface area contributed by atoms with Crippen molar-refractivity contribution in [1.82, 2.24) is 14.6 Å². The van der Waals surface area contributed by atoms with Crippen LogP contribution in [-0.4, -0.2) is 28.7 Å². The van der Waals surface area contributed by atoms with Crippen molar-refractivity contribution < 1.29 is 0 Å². The van der Waals surface area contributed by atoms with E-state index in [0.717, 1.165) is 16.8 Å². The maximum absolute atomic E-state index is 12.6.